The number of pyridine rings is 1. The molecule has 3 rings (SSSR count). The van der Waals surface area contributed by atoms with Crippen LogP contribution in [0.25, 0.3) is 0 Å². The van der Waals surface area contributed by atoms with Gasteiger partial charge in [-0.1, -0.05) is 12.1 Å². The minimum Gasteiger partial charge on any atom is -0.362 e. The van der Waals surface area contributed by atoms with E-state index in [9.17, 15) is 20.2 Å². The Labute approximate surface area is 137 Å². The van der Waals surface area contributed by atoms with Gasteiger partial charge in [0.25, 0.3) is 11.4 Å². The summed E-state index contributed by atoms with van der Waals surface area (Å²) in [7, 11) is 0. The molecular formula is C15H15N5O4. The normalized spacial score (nSPS) is 14.5. The van der Waals surface area contributed by atoms with Crippen LogP contribution in [-0.4, -0.2) is 41.0 Å². The number of hydrogen-bond acceptors (Lipinski definition) is 7. The van der Waals surface area contributed by atoms with Gasteiger partial charge in [0.05, 0.1) is 9.85 Å². The Bertz CT molecular complexity index is 757. The van der Waals surface area contributed by atoms with Crippen LogP contribution in [0.5, 0.6) is 0 Å². The predicted octanol–water partition coefficient (Wildman–Crippen LogP) is 2.22. The van der Waals surface area contributed by atoms with Crippen molar-refractivity contribution in [2.24, 2.45) is 0 Å². The van der Waals surface area contributed by atoms with Gasteiger partial charge in [-0.05, 0) is 12.1 Å². The van der Waals surface area contributed by atoms with Gasteiger partial charge in [0.1, 0.15) is 17.7 Å². The molecule has 2 heterocycles. The van der Waals surface area contributed by atoms with Crippen LogP contribution in [-0.2, 0) is 0 Å². The van der Waals surface area contributed by atoms with Gasteiger partial charge in [0.15, 0.2) is 0 Å². The van der Waals surface area contributed by atoms with Gasteiger partial charge >= 0.3 is 0 Å². The van der Waals surface area contributed by atoms with E-state index in [0.29, 0.717) is 37.7 Å². The maximum Gasteiger partial charge on any atom is 0.292 e. The summed E-state index contributed by atoms with van der Waals surface area (Å²) in [5, 5.41) is 21.8. The minimum absolute atomic E-state index is 0.0442. The van der Waals surface area contributed by atoms with Crippen LogP contribution in [0.2, 0.25) is 0 Å². The Morgan fingerprint density at radius 2 is 1.54 bits per heavy atom. The third kappa shape index (κ3) is 3.09. The van der Waals surface area contributed by atoms with Crippen molar-refractivity contribution in [2.45, 2.75) is 0 Å². The molecule has 2 aromatic rings. The van der Waals surface area contributed by atoms with Crippen LogP contribution in [0, 0.1) is 20.2 Å². The monoisotopic (exact) mass is 329 g/mol. The van der Waals surface area contributed by atoms with E-state index < -0.39 is 4.92 Å². The highest BCUT2D eigenvalue weighted by molar-refractivity contribution is 5.63. The summed E-state index contributed by atoms with van der Waals surface area (Å²) >= 11 is 0. The van der Waals surface area contributed by atoms with Crippen molar-refractivity contribution in [3.8, 4) is 0 Å². The molecule has 0 radical (unpaired) electrons. The smallest absolute Gasteiger partial charge is 0.292 e. The van der Waals surface area contributed by atoms with Gasteiger partial charge in [0, 0.05) is 38.3 Å². The Morgan fingerprint density at radius 1 is 0.875 bits per heavy atom. The number of aromatic nitrogens is 1. The molecule has 0 aliphatic carbocycles. The molecule has 0 unspecified atom stereocenters. The number of rotatable bonds is 4. The zero-order valence-electron chi connectivity index (χ0n) is 12.7. The first kappa shape index (κ1) is 15.7. The Hall–Kier alpha value is -3.23. The molecule has 1 fully saturated rings. The van der Waals surface area contributed by atoms with Gasteiger partial charge in [-0.15, -0.1) is 0 Å². The van der Waals surface area contributed by atoms with Crippen molar-refractivity contribution < 1.29 is 9.85 Å². The van der Waals surface area contributed by atoms with Crippen molar-refractivity contribution in [1.29, 1.82) is 0 Å². The van der Waals surface area contributed by atoms with E-state index >= 15 is 0 Å². The lowest BCUT2D eigenvalue weighted by molar-refractivity contribution is -0.385. The highest BCUT2D eigenvalue weighted by Crippen LogP contribution is 2.29. The molecule has 0 saturated carbocycles. The van der Waals surface area contributed by atoms with E-state index in [-0.39, 0.29) is 16.3 Å². The molecule has 1 saturated heterocycles. The molecule has 24 heavy (non-hydrogen) atoms. The van der Waals surface area contributed by atoms with Gasteiger partial charge < -0.3 is 9.80 Å². The third-order valence-corrected chi connectivity index (χ3v) is 3.97. The van der Waals surface area contributed by atoms with Crippen LogP contribution in [0.1, 0.15) is 0 Å². The topological polar surface area (TPSA) is 106 Å². The number of anilines is 2. The highest BCUT2D eigenvalue weighted by atomic mass is 16.6. The molecule has 1 aromatic carbocycles. The SMILES string of the molecule is O=[N+]([O-])c1ccc(N2CCN(c3ccccc3[N+](=O)[O-])CC2)nc1. The molecule has 0 spiro atoms. The molecule has 0 amide bonds. The first-order chi connectivity index (χ1) is 11.6. The van der Waals surface area contributed by atoms with Crippen molar-refractivity contribution >= 4 is 22.9 Å². The first-order valence-corrected chi connectivity index (χ1v) is 7.40. The molecular weight excluding hydrogens is 314 g/mol. The number of nitro groups is 2. The van der Waals surface area contributed by atoms with E-state index in [1.807, 2.05) is 9.80 Å². The van der Waals surface area contributed by atoms with E-state index in [2.05, 4.69) is 4.98 Å². The van der Waals surface area contributed by atoms with E-state index in [1.165, 1.54) is 18.3 Å². The molecule has 0 atom stereocenters. The average molecular weight is 329 g/mol. The lowest BCUT2D eigenvalue weighted by atomic mass is 10.2. The third-order valence-electron chi connectivity index (χ3n) is 3.97. The number of para-hydroxylation sites is 2. The molecule has 1 aliphatic rings. The standard InChI is InChI=1S/C15H15N5O4/c21-19(22)12-5-6-15(16-11-12)18-9-7-17(8-10-18)13-3-1-2-4-14(13)20(23)24/h1-6,11H,7-10H2. The summed E-state index contributed by atoms with van der Waals surface area (Å²) in [4.78, 5) is 29.1. The fourth-order valence-corrected chi connectivity index (χ4v) is 2.74. The largest absolute Gasteiger partial charge is 0.362 e. The fourth-order valence-electron chi connectivity index (χ4n) is 2.74. The summed E-state index contributed by atoms with van der Waals surface area (Å²) in [5.74, 6) is 0.669. The summed E-state index contributed by atoms with van der Waals surface area (Å²) < 4.78 is 0. The zero-order valence-corrected chi connectivity index (χ0v) is 12.7. The van der Waals surface area contributed by atoms with Crippen LogP contribution in [0.15, 0.2) is 42.6 Å². The Balaban J connectivity index is 1.70. The van der Waals surface area contributed by atoms with Gasteiger partial charge in [-0.3, -0.25) is 20.2 Å². The van der Waals surface area contributed by atoms with Crippen molar-refractivity contribution in [3.63, 3.8) is 0 Å². The Kier molecular flexibility index (Phi) is 4.23. The van der Waals surface area contributed by atoms with Crippen molar-refractivity contribution in [2.75, 3.05) is 36.0 Å². The molecule has 0 N–H and O–H groups in total. The predicted molar refractivity (Wildman–Crippen MR) is 88.4 cm³/mol. The molecule has 9 heteroatoms. The van der Waals surface area contributed by atoms with Gasteiger partial charge in [-0.2, -0.15) is 0 Å². The van der Waals surface area contributed by atoms with Crippen LogP contribution >= 0.6 is 0 Å². The summed E-state index contributed by atoms with van der Waals surface area (Å²) in [6, 6.07) is 9.73. The van der Waals surface area contributed by atoms with Crippen molar-refractivity contribution in [3.05, 3.63) is 62.8 Å². The number of piperazine rings is 1. The molecule has 124 valence electrons. The van der Waals surface area contributed by atoms with Crippen LogP contribution < -0.4 is 9.80 Å². The number of benzene rings is 1. The van der Waals surface area contributed by atoms with Gasteiger partial charge in [-0.25, -0.2) is 4.98 Å². The lowest BCUT2D eigenvalue weighted by Crippen LogP contribution is -2.47. The second-order valence-electron chi connectivity index (χ2n) is 5.35. The second kappa shape index (κ2) is 6.49. The summed E-state index contributed by atoms with van der Waals surface area (Å²) in [5.41, 5.74) is 0.663. The number of nitrogens with zero attached hydrogens (tertiary/aromatic N) is 5. The highest BCUT2D eigenvalue weighted by Gasteiger charge is 2.24. The van der Waals surface area contributed by atoms with Crippen LogP contribution in [0.4, 0.5) is 22.9 Å². The van der Waals surface area contributed by atoms with Crippen LogP contribution in [0.3, 0.4) is 0 Å². The molecule has 1 aromatic heterocycles. The lowest BCUT2D eigenvalue weighted by Gasteiger charge is -2.36. The molecule has 1 aliphatic heterocycles. The number of hydrogen-bond donors (Lipinski definition) is 0. The molecule has 9 nitrogen and oxygen atoms in total. The quantitative estimate of drug-likeness (QED) is 0.625. The zero-order chi connectivity index (χ0) is 17.1. The van der Waals surface area contributed by atoms with E-state index in [4.69, 9.17) is 0 Å². The first-order valence-electron chi connectivity index (χ1n) is 7.40. The Morgan fingerprint density at radius 3 is 2.12 bits per heavy atom. The summed E-state index contributed by atoms with van der Waals surface area (Å²) in [6.07, 6.45) is 1.24. The maximum absolute atomic E-state index is 11.1. The van der Waals surface area contributed by atoms with E-state index in [1.54, 1.807) is 24.3 Å². The van der Waals surface area contributed by atoms with Gasteiger partial charge in [0.2, 0.25) is 0 Å². The maximum atomic E-state index is 11.1. The average Bonchev–Trinajstić information content (AvgIpc) is 2.62. The fraction of sp³-hybridized carbons (Fsp3) is 0.267. The van der Waals surface area contributed by atoms with E-state index in [0.717, 1.165) is 0 Å². The van der Waals surface area contributed by atoms with Crippen molar-refractivity contribution in [1.82, 2.24) is 4.98 Å². The summed E-state index contributed by atoms with van der Waals surface area (Å²) in [6.45, 7) is 2.50. The minimum atomic E-state index is -0.483. The number of nitro benzene ring substituents is 1. The second-order valence-corrected chi connectivity index (χ2v) is 5.35. The molecule has 0 bridgehead atoms.